The Morgan fingerprint density at radius 3 is 2.76 bits per heavy atom. The Bertz CT molecular complexity index is 669. The van der Waals surface area contributed by atoms with Gasteiger partial charge < -0.3 is 10.4 Å². The molecule has 0 aliphatic heterocycles. The van der Waals surface area contributed by atoms with Crippen molar-refractivity contribution in [2.45, 2.75) is 31.8 Å². The Hall–Kier alpha value is -2.12. The van der Waals surface area contributed by atoms with Gasteiger partial charge in [0.05, 0.1) is 23.3 Å². The van der Waals surface area contributed by atoms with Crippen molar-refractivity contribution in [2.24, 2.45) is 5.92 Å². The topological polar surface area (TPSA) is 68.9 Å². The van der Waals surface area contributed by atoms with Gasteiger partial charge in [-0.15, -0.1) is 0 Å². The number of nitriles is 1. The van der Waals surface area contributed by atoms with Crippen molar-refractivity contribution < 1.29 is 5.11 Å². The average molecular weight is 281 g/mol. The van der Waals surface area contributed by atoms with E-state index in [1.54, 1.807) is 0 Å². The quantitative estimate of drug-likeness (QED) is 0.907. The fraction of sp³-hybridized carbons (Fsp3) is 0.412. The Labute approximate surface area is 124 Å². The Kier molecular flexibility index (Phi) is 4.03. The van der Waals surface area contributed by atoms with Gasteiger partial charge in [0.15, 0.2) is 0 Å². The van der Waals surface area contributed by atoms with E-state index >= 15 is 0 Å². The summed E-state index contributed by atoms with van der Waals surface area (Å²) in [5.74, 6) is 1.34. The highest BCUT2D eigenvalue weighted by Gasteiger charge is 2.19. The molecule has 1 aromatic heterocycles. The van der Waals surface area contributed by atoms with E-state index in [1.807, 2.05) is 30.3 Å². The molecule has 1 fully saturated rings. The number of aliphatic hydroxyl groups is 1. The second-order valence-corrected chi connectivity index (χ2v) is 5.74. The van der Waals surface area contributed by atoms with Crippen LogP contribution >= 0.6 is 0 Å². The highest BCUT2D eigenvalue weighted by molar-refractivity contribution is 5.86. The Morgan fingerprint density at radius 2 is 2.00 bits per heavy atom. The molecule has 0 saturated heterocycles. The molecule has 4 heteroatoms. The normalized spacial score (nSPS) is 21.9. The molecule has 1 aromatic carbocycles. The molecule has 2 aromatic rings. The average Bonchev–Trinajstić information content (AvgIpc) is 2.53. The van der Waals surface area contributed by atoms with Gasteiger partial charge in [0.1, 0.15) is 5.82 Å². The van der Waals surface area contributed by atoms with Gasteiger partial charge in [-0.3, -0.25) is 0 Å². The van der Waals surface area contributed by atoms with Crippen LogP contribution in [0.25, 0.3) is 10.9 Å². The van der Waals surface area contributed by atoms with E-state index in [0.717, 1.165) is 48.9 Å². The van der Waals surface area contributed by atoms with Crippen LogP contribution in [0, 0.1) is 17.2 Å². The summed E-state index contributed by atoms with van der Waals surface area (Å²) in [6.07, 6.45) is 3.76. The zero-order chi connectivity index (χ0) is 14.7. The van der Waals surface area contributed by atoms with Crippen LogP contribution in [-0.4, -0.2) is 22.7 Å². The van der Waals surface area contributed by atoms with E-state index in [0.29, 0.717) is 11.5 Å². The van der Waals surface area contributed by atoms with E-state index in [4.69, 9.17) is 0 Å². The van der Waals surface area contributed by atoms with E-state index in [-0.39, 0.29) is 6.10 Å². The third kappa shape index (κ3) is 3.14. The van der Waals surface area contributed by atoms with Crippen LogP contribution in [0.5, 0.6) is 0 Å². The number of nitrogens with zero attached hydrogens (tertiary/aromatic N) is 2. The lowest BCUT2D eigenvalue weighted by molar-refractivity contribution is 0.111. The summed E-state index contributed by atoms with van der Waals surface area (Å²) >= 11 is 0. The summed E-state index contributed by atoms with van der Waals surface area (Å²) in [6.45, 7) is 0.850. The maximum Gasteiger partial charge on any atom is 0.127 e. The van der Waals surface area contributed by atoms with Gasteiger partial charge in [0.25, 0.3) is 0 Å². The van der Waals surface area contributed by atoms with Crippen LogP contribution in [0.2, 0.25) is 0 Å². The molecule has 0 bridgehead atoms. The standard InChI is InChI=1S/C17H19N3O/c18-10-13-9-17(20-16-4-2-1-3-15(13)16)19-11-12-5-7-14(21)8-6-12/h1-4,9,12,14,21H,5-8,11H2,(H,19,20). The van der Waals surface area contributed by atoms with Gasteiger partial charge in [-0.25, -0.2) is 4.98 Å². The van der Waals surface area contributed by atoms with Crippen molar-refractivity contribution >= 4 is 16.7 Å². The summed E-state index contributed by atoms with van der Waals surface area (Å²) in [7, 11) is 0. The van der Waals surface area contributed by atoms with Gasteiger partial charge in [0.2, 0.25) is 0 Å². The SMILES string of the molecule is N#Cc1cc(NCC2CCC(O)CC2)nc2ccccc12. The third-order valence-electron chi connectivity index (χ3n) is 4.22. The van der Waals surface area contributed by atoms with E-state index < -0.39 is 0 Å². The zero-order valence-electron chi connectivity index (χ0n) is 11.9. The summed E-state index contributed by atoms with van der Waals surface area (Å²) in [5, 5.41) is 23.0. The number of aliphatic hydroxyl groups excluding tert-OH is 1. The number of nitrogens with one attached hydrogen (secondary N) is 1. The van der Waals surface area contributed by atoms with Gasteiger partial charge in [-0.05, 0) is 43.7 Å². The van der Waals surface area contributed by atoms with E-state index in [9.17, 15) is 10.4 Å². The second kappa shape index (κ2) is 6.11. The number of rotatable bonds is 3. The fourth-order valence-electron chi connectivity index (χ4n) is 2.96. The molecule has 21 heavy (non-hydrogen) atoms. The lowest BCUT2D eigenvalue weighted by atomic mass is 9.87. The van der Waals surface area contributed by atoms with Crippen LogP contribution in [0.3, 0.4) is 0 Å². The maximum absolute atomic E-state index is 9.53. The minimum absolute atomic E-state index is 0.120. The monoisotopic (exact) mass is 281 g/mol. The van der Waals surface area contributed by atoms with E-state index in [1.165, 1.54) is 0 Å². The summed E-state index contributed by atoms with van der Waals surface area (Å²) < 4.78 is 0. The number of hydrogen-bond donors (Lipinski definition) is 2. The molecule has 0 spiro atoms. The molecule has 3 rings (SSSR count). The molecule has 1 saturated carbocycles. The first-order valence-electron chi connectivity index (χ1n) is 7.48. The molecular weight excluding hydrogens is 262 g/mol. The fourth-order valence-corrected chi connectivity index (χ4v) is 2.96. The number of pyridine rings is 1. The number of para-hydroxylation sites is 1. The molecule has 4 nitrogen and oxygen atoms in total. The molecule has 2 N–H and O–H groups in total. The number of fused-ring (bicyclic) bond motifs is 1. The number of benzene rings is 1. The summed E-state index contributed by atoms with van der Waals surface area (Å²) in [5.41, 5.74) is 1.50. The molecule has 1 aliphatic carbocycles. The van der Waals surface area contributed by atoms with Crippen molar-refractivity contribution in [3.8, 4) is 6.07 Å². The zero-order valence-corrected chi connectivity index (χ0v) is 11.9. The highest BCUT2D eigenvalue weighted by Crippen LogP contribution is 2.25. The maximum atomic E-state index is 9.53. The molecular formula is C17H19N3O. The van der Waals surface area contributed by atoms with Gasteiger partial charge in [-0.2, -0.15) is 5.26 Å². The molecule has 1 heterocycles. The predicted molar refractivity (Wildman–Crippen MR) is 82.9 cm³/mol. The van der Waals surface area contributed by atoms with Crippen LogP contribution in [0.4, 0.5) is 5.82 Å². The number of anilines is 1. The minimum atomic E-state index is -0.120. The molecule has 0 atom stereocenters. The lowest BCUT2D eigenvalue weighted by Gasteiger charge is -2.25. The van der Waals surface area contributed by atoms with Crippen molar-refractivity contribution in [2.75, 3.05) is 11.9 Å². The molecule has 0 amide bonds. The second-order valence-electron chi connectivity index (χ2n) is 5.74. The molecule has 108 valence electrons. The highest BCUT2D eigenvalue weighted by atomic mass is 16.3. The van der Waals surface area contributed by atoms with Crippen LogP contribution in [-0.2, 0) is 0 Å². The van der Waals surface area contributed by atoms with Gasteiger partial charge in [0, 0.05) is 11.9 Å². The molecule has 0 unspecified atom stereocenters. The first kappa shape index (κ1) is 13.8. The van der Waals surface area contributed by atoms with Crippen LogP contribution < -0.4 is 5.32 Å². The first-order valence-corrected chi connectivity index (χ1v) is 7.48. The third-order valence-corrected chi connectivity index (χ3v) is 4.22. The lowest BCUT2D eigenvalue weighted by Crippen LogP contribution is -2.23. The summed E-state index contributed by atoms with van der Waals surface area (Å²) in [4.78, 5) is 4.57. The van der Waals surface area contributed by atoms with E-state index in [2.05, 4.69) is 16.4 Å². The van der Waals surface area contributed by atoms with Gasteiger partial charge in [-0.1, -0.05) is 18.2 Å². The van der Waals surface area contributed by atoms with Crippen LogP contribution in [0.1, 0.15) is 31.2 Å². The largest absolute Gasteiger partial charge is 0.393 e. The minimum Gasteiger partial charge on any atom is -0.393 e. The predicted octanol–water partition coefficient (Wildman–Crippen LogP) is 3.07. The Balaban J connectivity index is 1.74. The van der Waals surface area contributed by atoms with Crippen LogP contribution in [0.15, 0.2) is 30.3 Å². The Morgan fingerprint density at radius 1 is 1.24 bits per heavy atom. The molecule has 1 aliphatic rings. The van der Waals surface area contributed by atoms with Crippen molar-refractivity contribution in [3.63, 3.8) is 0 Å². The van der Waals surface area contributed by atoms with Crippen molar-refractivity contribution in [1.29, 1.82) is 5.26 Å². The summed E-state index contributed by atoms with van der Waals surface area (Å²) in [6, 6.07) is 11.8. The smallest absolute Gasteiger partial charge is 0.127 e. The molecule has 0 radical (unpaired) electrons. The van der Waals surface area contributed by atoms with Crippen molar-refractivity contribution in [3.05, 3.63) is 35.9 Å². The van der Waals surface area contributed by atoms with Gasteiger partial charge >= 0.3 is 0 Å². The number of hydrogen-bond acceptors (Lipinski definition) is 4. The first-order chi connectivity index (χ1) is 10.3. The number of aromatic nitrogens is 1. The van der Waals surface area contributed by atoms with Crippen molar-refractivity contribution in [1.82, 2.24) is 4.98 Å².